The number of carbonyl (C=O) groups is 1. The molecule has 0 aliphatic heterocycles. The van der Waals surface area contributed by atoms with E-state index in [4.69, 9.17) is 0 Å². The number of fused-ring (bicyclic) bond motifs is 1. The van der Waals surface area contributed by atoms with Gasteiger partial charge >= 0.3 is 21.7 Å². The maximum absolute atomic E-state index is 13.4. The van der Waals surface area contributed by atoms with Gasteiger partial charge in [0.1, 0.15) is 5.69 Å². The van der Waals surface area contributed by atoms with Gasteiger partial charge in [-0.25, -0.2) is 0 Å². The summed E-state index contributed by atoms with van der Waals surface area (Å²) in [5.74, 6) is -0.676. The van der Waals surface area contributed by atoms with E-state index in [1.807, 2.05) is 0 Å². The normalized spacial score (nSPS) is 12.5. The predicted octanol–water partition coefficient (Wildman–Crippen LogP) is 6.37. The number of amides is 1. The minimum absolute atomic E-state index is 0.0121. The molecule has 0 spiro atoms. The Balaban J connectivity index is 1.58. The van der Waals surface area contributed by atoms with Crippen LogP contribution in [0.3, 0.4) is 0 Å². The van der Waals surface area contributed by atoms with Gasteiger partial charge in [-0.3, -0.25) is 9.52 Å². The van der Waals surface area contributed by atoms with Gasteiger partial charge in [-0.05, 0) is 47.5 Å². The molecule has 0 bridgehead atoms. The van der Waals surface area contributed by atoms with E-state index in [9.17, 15) is 39.6 Å². The fourth-order valence-corrected chi connectivity index (χ4v) is 4.02. The summed E-state index contributed by atoms with van der Waals surface area (Å²) in [5, 5.41) is 2.95. The monoisotopic (exact) mass is 527 g/mol. The van der Waals surface area contributed by atoms with E-state index in [0.717, 1.165) is 18.2 Å². The molecule has 0 saturated heterocycles. The summed E-state index contributed by atoms with van der Waals surface area (Å²) in [6, 6.07) is 15.7. The third kappa shape index (κ3) is 5.15. The lowest BCUT2D eigenvalue weighted by molar-refractivity contribution is -0.137. The SMILES string of the molecule is O=C(Nc1cccc(-c2ccccc2C(F)(F)F)c1)c1cc2ccc(NS(=O)(=O)C(F)(F)F)cc2[nH]1. The number of carbonyl (C=O) groups excluding carboxylic acids is 1. The average Bonchev–Trinajstić information content (AvgIpc) is 3.21. The maximum Gasteiger partial charge on any atom is 0.516 e. The van der Waals surface area contributed by atoms with Gasteiger partial charge in [0.25, 0.3) is 5.91 Å². The van der Waals surface area contributed by atoms with Gasteiger partial charge in [0.15, 0.2) is 0 Å². The van der Waals surface area contributed by atoms with Gasteiger partial charge < -0.3 is 10.3 Å². The van der Waals surface area contributed by atoms with E-state index < -0.39 is 33.2 Å². The molecular weight excluding hydrogens is 512 g/mol. The first-order chi connectivity index (χ1) is 16.7. The molecule has 0 radical (unpaired) electrons. The number of hydrogen-bond donors (Lipinski definition) is 3. The fourth-order valence-electron chi connectivity index (χ4n) is 3.47. The second-order valence-electron chi connectivity index (χ2n) is 7.61. The molecule has 0 unspecified atom stereocenters. The van der Waals surface area contributed by atoms with Crippen molar-refractivity contribution in [3.63, 3.8) is 0 Å². The first-order valence-corrected chi connectivity index (χ1v) is 11.5. The van der Waals surface area contributed by atoms with Gasteiger partial charge in [-0.15, -0.1) is 0 Å². The number of aromatic amines is 1. The molecule has 36 heavy (non-hydrogen) atoms. The van der Waals surface area contributed by atoms with E-state index in [1.54, 1.807) is 0 Å². The van der Waals surface area contributed by atoms with Crippen LogP contribution < -0.4 is 10.0 Å². The Kier molecular flexibility index (Phi) is 6.20. The van der Waals surface area contributed by atoms with Crippen molar-refractivity contribution in [1.29, 1.82) is 0 Å². The molecule has 1 aromatic heterocycles. The highest BCUT2D eigenvalue weighted by Crippen LogP contribution is 2.37. The largest absolute Gasteiger partial charge is 0.516 e. The highest BCUT2D eigenvalue weighted by Gasteiger charge is 2.46. The third-order valence-electron chi connectivity index (χ3n) is 5.09. The zero-order valence-corrected chi connectivity index (χ0v) is 18.6. The average molecular weight is 527 g/mol. The van der Waals surface area contributed by atoms with Crippen LogP contribution in [0.4, 0.5) is 37.7 Å². The summed E-state index contributed by atoms with van der Waals surface area (Å²) < 4.78 is 102. The van der Waals surface area contributed by atoms with Crippen LogP contribution in [-0.4, -0.2) is 24.8 Å². The Morgan fingerprint density at radius 2 is 1.53 bits per heavy atom. The highest BCUT2D eigenvalue weighted by atomic mass is 32.2. The van der Waals surface area contributed by atoms with E-state index in [-0.39, 0.29) is 33.7 Å². The summed E-state index contributed by atoms with van der Waals surface area (Å²) in [6.07, 6.45) is -4.58. The number of nitrogens with one attached hydrogen (secondary N) is 3. The molecule has 1 heterocycles. The van der Waals surface area contributed by atoms with Gasteiger partial charge in [0.05, 0.1) is 11.3 Å². The minimum Gasteiger partial charge on any atom is -0.350 e. The maximum atomic E-state index is 13.4. The lowest BCUT2D eigenvalue weighted by Crippen LogP contribution is -2.29. The van der Waals surface area contributed by atoms with Gasteiger partial charge in [-0.1, -0.05) is 36.4 Å². The van der Waals surface area contributed by atoms with Crippen LogP contribution in [0.5, 0.6) is 0 Å². The van der Waals surface area contributed by atoms with Crippen LogP contribution in [-0.2, 0) is 16.2 Å². The van der Waals surface area contributed by atoms with Crippen molar-refractivity contribution in [2.45, 2.75) is 11.7 Å². The second-order valence-corrected chi connectivity index (χ2v) is 9.29. The number of halogens is 6. The molecule has 3 N–H and O–H groups in total. The second kappa shape index (κ2) is 8.90. The van der Waals surface area contributed by atoms with Crippen LogP contribution in [0.1, 0.15) is 16.1 Å². The summed E-state index contributed by atoms with van der Waals surface area (Å²) in [5.41, 5.74) is -6.19. The lowest BCUT2D eigenvalue weighted by Gasteiger charge is -2.13. The summed E-state index contributed by atoms with van der Waals surface area (Å²) >= 11 is 0. The predicted molar refractivity (Wildman–Crippen MR) is 122 cm³/mol. The Morgan fingerprint density at radius 1 is 0.806 bits per heavy atom. The summed E-state index contributed by atoms with van der Waals surface area (Å²) in [6.45, 7) is 0. The van der Waals surface area contributed by atoms with Crippen LogP contribution >= 0.6 is 0 Å². The molecular formula is C23H15F6N3O3S. The molecule has 0 aliphatic carbocycles. The van der Waals surface area contributed by atoms with Crippen molar-refractivity contribution < 1.29 is 39.6 Å². The van der Waals surface area contributed by atoms with Crippen molar-refractivity contribution >= 4 is 38.2 Å². The zero-order valence-electron chi connectivity index (χ0n) is 17.8. The first-order valence-electron chi connectivity index (χ1n) is 10.0. The van der Waals surface area contributed by atoms with Crippen LogP contribution in [0.2, 0.25) is 0 Å². The molecule has 188 valence electrons. The van der Waals surface area contributed by atoms with Crippen molar-refractivity contribution in [1.82, 2.24) is 4.98 Å². The van der Waals surface area contributed by atoms with Crippen LogP contribution in [0.25, 0.3) is 22.0 Å². The standard InChI is InChI=1S/C23H15F6N3O3S/c24-22(25,26)18-7-2-1-6-17(18)13-4-3-5-15(10-13)30-21(33)20-11-14-8-9-16(12-19(14)31-20)32-36(34,35)23(27,28)29/h1-12,31-32H,(H,30,33). The van der Waals surface area contributed by atoms with Gasteiger partial charge in [0.2, 0.25) is 0 Å². The number of anilines is 2. The van der Waals surface area contributed by atoms with Gasteiger partial charge in [-0.2, -0.15) is 34.8 Å². The Hall–Kier alpha value is -4.00. The molecule has 0 fully saturated rings. The van der Waals surface area contributed by atoms with E-state index >= 15 is 0 Å². The topological polar surface area (TPSA) is 91.1 Å². The molecule has 0 atom stereocenters. The highest BCUT2D eigenvalue weighted by molar-refractivity contribution is 7.93. The zero-order chi connectivity index (χ0) is 26.3. The number of benzene rings is 3. The van der Waals surface area contributed by atoms with E-state index in [2.05, 4.69) is 10.3 Å². The molecule has 0 saturated carbocycles. The molecule has 1 amide bonds. The Morgan fingerprint density at radius 3 is 2.22 bits per heavy atom. The molecule has 0 aliphatic rings. The molecule has 13 heteroatoms. The molecule has 4 rings (SSSR count). The number of rotatable bonds is 5. The third-order valence-corrected chi connectivity index (χ3v) is 6.20. The number of sulfonamides is 1. The number of hydrogen-bond acceptors (Lipinski definition) is 3. The smallest absolute Gasteiger partial charge is 0.350 e. The van der Waals surface area contributed by atoms with E-state index in [1.165, 1.54) is 59.3 Å². The number of alkyl halides is 6. The summed E-state index contributed by atoms with van der Waals surface area (Å²) in [4.78, 5) is 15.4. The summed E-state index contributed by atoms with van der Waals surface area (Å²) in [7, 11) is -5.62. The minimum atomic E-state index is -5.62. The first kappa shape index (κ1) is 25.1. The van der Waals surface area contributed by atoms with E-state index in [0.29, 0.717) is 5.39 Å². The Bertz CT molecular complexity index is 1560. The Labute approximate surface area is 200 Å². The number of H-pyrrole nitrogens is 1. The molecule has 3 aromatic carbocycles. The van der Waals surface area contributed by atoms with Crippen LogP contribution in [0, 0.1) is 0 Å². The molecule has 6 nitrogen and oxygen atoms in total. The fraction of sp³-hybridized carbons (Fsp3) is 0.0870. The van der Waals surface area contributed by atoms with Crippen molar-refractivity contribution in [2.24, 2.45) is 0 Å². The lowest BCUT2D eigenvalue weighted by atomic mass is 9.99. The number of aromatic nitrogens is 1. The van der Waals surface area contributed by atoms with Crippen molar-refractivity contribution in [2.75, 3.05) is 10.0 Å². The van der Waals surface area contributed by atoms with Crippen molar-refractivity contribution in [3.8, 4) is 11.1 Å². The quantitative estimate of drug-likeness (QED) is 0.264. The van der Waals surface area contributed by atoms with Crippen LogP contribution in [0.15, 0.2) is 72.8 Å². The van der Waals surface area contributed by atoms with Crippen molar-refractivity contribution in [3.05, 3.63) is 84.1 Å². The van der Waals surface area contributed by atoms with Gasteiger partial charge in [0, 0.05) is 16.6 Å². The molecule has 4 aromatic rings.